The molecule has 6 nitrogen and oxygen atoms in total. The van der Waals surface area contributed by atoms with Crippen molar-refractivity contribution in [3.8, 4) is 5.75 Å². The van der Waals surface area contributed by atoms with Gasteiger partial charge in [-0.05, 0) is 47.9 Å². The molecular weight excluding hydrogens is 383 g/mol. The second-order valence-corrected chi connectivity index (χ2v) is 6.58. The van der Waals surface area contributed by atoms with Crippen LogP contribution in [-0.4, -0.2) is 16.3 Å². The quantitative estimate of drug-likeness (QED) is 0.499. The molecule has 0 aliphatic heterocycles. The molecule has 0 aliphatic carbocycles. The monoisotopic (exact) mass is 403 g/mol. The van der Waals surface area contributed by atoms with Gasteiger partial charge in [0.15, 0.2) is 11.6 Å². The van der Waals surface area contributed by atoms with Crippen LogP contribution in [0.25, 0.3) is 0 Å². The highest BCUT2D eigenvalue weighted by atomic mass is 19.4. The third-order valence-electron chi connectivity index (χ3n) is 4.07. The molecule has 0 saturated heterocycles. The molecule has 29 heavy (non-hydrogen) atoms. The Morgan fingerprint density at radius 1 is 0.862 bits per heavy atom. The van der Waals surface area contributed by atoms with Gasteiger partial charge in [0.05, 0.1) is 0 Å². The zero-order valence-corrected chi connectivity index (χ0v) is 15.8. The first-order chi connectivity index (χ1) is 13.7. The van der Waals surface area contributed by atoms with Crippen molar-refractivity contribution < 1.29 is 17.9 Å². The SMILES string of the molecule is CC(C)c1ccc(Nc2ncnc(Nc3ccc(OC(F)(F)F)cc3)c2N)cc1. The van der Waals surface area contributed by atoms with Crippen molar-refractivity contribution in [1.29, 1.82) is 0 Å². The molecule has 2 aromatic carbocycles. The predicted molar refractivity (Wildman–Crippen MR) is 107 cm³/mol. The van der Waals surface area contributed by atoms with E-state index in [1.54, 1.807) is 0 Å². The van der Waals surface area contributed by atoms with E-state index in [-0.39, 0.29) is 11.4 Å². The third kappa shape index (κ3) is 5.50. The summed E-state index contributed by atoms with van der Waals surface area (Å²) >= 11 is 0. The lowest BCUT2D eigenvalue weighted by atomic mass is 10.0. The van der Waals surface area contributed by atoms with Crippen molar-refractivity contribution in [2.24, 2.45) is 0 Å². The minimum absolute atomic E-state index is 0.274. The van der Waals surface area contributed by atoms with Gasteiger partial charge in [0.1, 0.15) is 17.8 Å². The molecule has 0 spiro atoms. The van der Waals surface area contributed by atoms with Crippen LogP contribution in [0.3, 0.4) is 0 Å². The van der Waals surface area contributed by atoms with E-state index in [9.17, 15) is 13.2 Å². The number of nitrogens with two attached hydrogens (primary N) is 1. The first-order valence-corrected chi connectivity index (χ1v) is 8.81. The predicted octanol–water partition coefficient (Wildman–Crippen LogP) is 5.57. The summed E-state index contributed by atoms with van der Waals surface area (Å²) in [7, 11) is 0. The fraction of sp³-hybridized carbons (Fsp3) is 0.200. The molecule has 9 heteroatoms. The van der Waals surface area contributed by atoms with Crippen molar-refractivity contribution in [1.82, 2.24) is 9.97 Å². The molecule has 1 heterocycles. The minimum Gasteiger partial charge on any atom is -0.406 e. The molecule has 0 atom stereocenters. The number of hydrogen-bond donors (Lipinski definition) is 3. The summed E-state index contributed by atoms with van der Waals surface area (Å²) in [5, 5.41) is 6.10. The van der Waals surface area contributed by atoms with Crippen LogP contribution in [0.5, 0.6) is 5.75 Å². The summed E-state index contributed by atoms with van der Waals surface area (Å²) in [4.78, 5) is 8.25. The smallest absolute Gasteiger partial charge is 0.406 e. The van der Waals surface area contributed by atoms with Crippen LogP contribution in [0.1, 0.15) is 25.3 Å². The van der Waals surface area contributed by atoms with Gasteiger partial charge in [-0.2, -0.15) is 0 Å². The van der Waals surface area contributed by atoms with Gasteiger partial charge < -0.3 is 21.1 Å². The molecule has 0 unspecified atom stereocenters. The van der Waals surface area contributed by atoms with Gasteiger partial charge in [0, 0.05) is 11.4 Å². The summed E-state index contributed by atoms with van der Waals surface area (Å²) in [5.74, 6) is 0.852. The summed E-state index contributed by atoms with van der Waals surface area (Å²) in [6, 6.07) is 13.2. The molecule has 152 valence electrons. The Bertz CT molecular complexity index is 957. The number of anilines is 5. The van der Waals surface area contributed by atoms with E-state index in [0.717, 1.165) is 5.69 Å². The fourth-order valence-electron chi connectivity index (χ4n) is 2.56. The van der Waals surface area contributed by atoms with Crippen LogP contribution in [0.15, 0.2) is 54.9 Å². The van der Waals surface area contributed by atoms with E-state index in [0.29, 0.717) is 23.2 Å². The second-order valence-electron chi connectivity index (χ2n) is 6.58. The van der Waals surface area contributed by atoms with Crippen LogP contribution in [-0.2, 0) is 0 Å². The first-order valence-electron chi connectivity index (χ1n) is 8.81. The highest BCUT2D eigenvalue weighted by Crippen LogP contribution is 2.30. The average Bonchev–Trinajstić information content (AvgIpc) is 2.66. The zero-order valence-electron chi connectivity index (χ0n) is 15.8. The molecule has 0 saturated carbocycles. The van der Waals surface area contributed by atoms with Crippen molar-refractivity contribution in [3.63, 3.8) is 0 Å². The van der Waals surface area contributed by atoms with Crippen LogP contribution in [0.4, 0.5) is 41.9 Å². The van der Waals surface area contributed by atoms with Gasteiger partial charge in [0.25, 0.3) is 0 Å². The Labute approximate surface area is 165 Å². The standard InChI is InChI=1S/C20H20F3N5O/c1-12(2)13-3-5-14(6-4-13)27-18-17(24)19(26-11-25-18)28-15-7-9-16(10-8-15)29-20(21,22)23/h3-12H,24H2,1-2H3,(H2,25,26,27,28). The highest BCUT2D eigenvalue weighted by molar-refractivity contribution is 5.80. The lowest BCUT2D eigenvalue weighted by Crippen LogP contribution is -2.17. The molecule has 4 N–H and O–H groups in total. The van der Waals surface area contributed by atoms with E-state index in [1.165, 1.54) is 36.2 Å². The maximum Gasteiger partial charge on any atom is 0.573 e. The lowest BCUT2D eigenvalue weighted by Gasteiger charge is -2.14. The number of benzene rings is 2. The Morgan fingerprint density at radius 2 is 1.34 bits per heavy atom. The summed E-state index contributed by atoms with van der Waals surface area (Å²) in [6.45, 7) is 4.23. The van der Waals surface area contributed by atoms with E-state index in [2.05, 4.69) is 39.2 Å². The van der Waals surface area contributed by atoms with Crippen LogP contribution >= 0.6 is 0 Å². The Balaban J connectivity index is 1.73. The number of alkyl halides is 3. The van der Waals surface area contributed by atoms with Crippen molar-refractivity contribution in [2.45, 2.75) is 26.1 Å². The summed E-state index contributed by atoms with van der Waals surface area (Å²) in [5.41, 5.74) is 8.95. The number of rotatable bonds is 6. The van der Waals surface area contributed by atoms with Gasteiger partial charge in [-0.25, -0.2) is 9.97 Å². The number of nitrogens with one attached hydrogen (secondary N) is 2. The van der Waals surface area contributed by atoms with Gasteiger partial charge in [0.2, 0.25) is 0 Å². The summed E-state index contributed by atoms with van der Waals surface area (Å²) < 4.78 is 40.6. The van der Waals surface area contributed by atoms with Crippen LogP contribution in [0, 0.1) is 0 Å². The average molecular weight is 403 g/mol. The van der Waals surface area contributed by atoms with Crippen molar-refractivity contribution >= 4 is 28.7 Å². The number of aromatic nitrogens is 2. The lowest BCUT2D eigenvalue weighted by molar-refractivity contribution is -0.274. The molecule has 0 amide bonds. The number of nitrogen functional groups attached to an aromatic ring is 1. The number of halogens is 3. The molecule has 3 rings (SSSR count). The van der Waals surface area contributed by atoms with Gasteiger partial charge in [-0.3, -0.25) is 0 Å². The molecule has 0 bridgehead atoms. The molecule has 3 aromatic rings. The Kier molecular flexibility index (Phi) is 5.76. The van der Waals surface area contributed by atoms with E-state index in [4.69, 9.17) is 5.73 Å². The first kappa shape index (κ1) is 20.2. The molecular formula is C20H20F3N5O. The maximum absolute atomic E-state index is 12.2. The second kappa shape index (κ2) is 8.26. The minimum atomic E-state index is -4.74. The fourth-order valence-corrected chi connectivity index (χ4v) is 2.56. The van der Waals surface area contributed by atoms with Gasteiger partial charge in [-0.1, -0.05) is 26.0 Å². The van der Waals surface area contributed by atoms with E-state index < -0.39 is 6.36 Å². The third-order valence-corrected chi connectivity index (χ3v) is 4.07. The molecule has 0 radical (unpaired) electrons. The van der Waals surface area contributed by atoms with Crippen LogP contribution in [0.2, 0.25) is 0 Å². The highest BCUT2D eigenvalue weighted by Gasteiger charge is 2.30. The van der Waals surface area contributed by atoms with Gasteiger partial charge >= 0.3 is 6.36 Å². The van der Waals surface area contributed by atoms with Crippen molar-refractivity contribution in [3.05, 3.63) is 60.4 Å². The molecule has 0 aliphatic rings. The molecule has 1 aromatic heterocycles. The summed E-state index contributed by atoms with van der Waals surface area (Å²) in [6.07, 6.45) is -3.40. The largest absolute Gasteiger partial charge is 0.573 e. The topological polar surface area (TPSA) is 85.1 Å². The zero-order chi connectivity index (χ0) is 21.0. The Hall–Kier alpha value is -3.49. The molecule has 0 fully saturated rings. The van der Waals surface area contributed by atoms with Crippen molar-refractivity contribution in [2.75, 3.05) is 16.4 Å². The Morgan fingerprint density at radius 3 is 1.79 bits per heavy atom. The van der Waals surface area contributed by atoms with Gasteiger partial charge in [-0.15, -0.1) is 13.2 Å². The normalized spacial score (nSPS) is 11.4. The van der Waals surface area contributed by atoms with E-state index >= 15 is 0 Å². The van der Waals surface area contributed by atoms with E-state index in [1.807, 2.05) is 24.3 Å². The number of ether oxygens (including phenoxy) is 1. The number of hydrogen-bond acceptors (Lipinski definition) is 6. The maximum atomic E-state index is 12.2. The van der Waals surface area contributed by atoms with Crippen LogP contribution < -0.4 is 21.1 Å². The number of nitrogens with zero attached hydrogens (tertiary/aromatic N) is 2.